The predicted octanol–water partition coefficient (Wildman–Crippen LogP) is 2.64. The van der Waals surface area contributed by atoms with Gasteiger partial charge in [0.25, 0.3) is 0 Å². The summed E-state index contributed by atoms with van der Waals surface area (Å²) in [5, 5.41) is 3.27. The van der Waals surface area contributed by atoms with Crippen molar-refractivity contribution in [1.82, 2.24) is 4.98 Å². The molecule has 3 nitrogen and oxygen atoms in total. The zero-order chi connectivity index (χ0) is 10.1. The molecule has 4 heteroatoms. The maximum Gasteiger partial charge on any atom is 0.146 e. The SMILES string of the molecule is CC(C)(C)Nc1cc(Br)cnc1N. The van der Waals surface area contributed by atoms with Crippen molar-refractivity contribution in [1.29, 1.82) is 0 Å². The molecular formula is C9H14BrN3. The Morgan fingerprint density at radius 2 is 2.08 bits per heavy atom. The summed E-state index contributed by atoms with van der Waals surface area (Å²) >= 11 is 3.35. The third kappa shape index (κ3) is 3.22. The van der Waals surface area contributed by atoms with E-state index in [0.717, 1.165) is 10.2 Å². The molecule has 1 rings (SSSR count). The molecule has 0 atom stereocenters. The number of nitrogens with zero attached hydrogens (tertiary/aromatic N) is 1. The Bertz CT molecular complexity index is 304. The molecule has 0 spiro atoms. The molecule has 0 fully saturated rings. The molecule has 1 aromatic rings. The van der Waals surface area contributed by atoms with Crippen LogP contribution in [0.15, 0.2) is 16.7 Å². The van der Waals surface area contributed by atoms with Crippen molar-refractivity contribution < 1.29 is 0 Å². The minimum atomic E-state index is -0.00338. The lowest BCUT2D eigenvalue weighted by Crippen LogP contribution is -2.26. The van der Waals surface area contributed by atoms with Crippen LogP contribution in [0.3, 0.4) is 0 Å². The van der Waals surface area contributed by atoms with E-state index in [4.69, 9.17) is 5.73 Å². The lowest BCUT2D eigenvalue weighted by Gasteiger charge is -2.22. The molecule has 0 unspecified atom stereocenters. The number of aromatic nitrogens is 1. The molecule has 0 aliphatic rings. The number of nitrogens with two attached hydrogens (primary N) is 1. The Morgan fingerprint density at radius 3 is 2.62 bits per heavy atom. The van der Waals surface area contributed by atoms with E-state index >= 15 is 0 Å². The van der Waals surface area contributed by atoms with Crippen LogP contribution in [0.1, 0.15) is 20.8 Å². The largest absolute Gasteiger partial charge is 0.382 e. The predicted molar refractivity (Wildman–Crippen MR) is 59.7 cm³/mol. The van der Waals surface area contributed by atoms with Gasteiger partial charge in [0, 0.05) is 16.2 Å². The fourth-order valence-corrected chi connectivity index (χ4v) is 1.29. The Balaban J connectivity index is 2.94. The van der Waals surface area contributed by atoms with Crippen LogP contribution < -0.4 is 11.1 Å². The molecule has 0 amide bonds. The number of hydrogen-bond donors (Lipinski definition) is 2. The van der Waals surface area contributed by atoms with E-state index in [2.05, 4.69) is 47.0 Å². The van der Waals surface area contributed by atoms with Gasteiger partial charge in [0.15, 0.2) is 0 Å². The molecule has 0 aliphatic heterocycles. The number of hydrogen-bond acceptors (Lipinski definition) is 3. The summed E-state index contributed by atoms with van der Waals surface area (Å²) < 4.78 is 0.924. The van der Waals surface area contributed by atoms with E-state index < -0.39 is 0 Å². The lowest BCUT2D eigenvalue weighted by molar-refractivity contribution is 0.634. The van der Waals surface area contributed by atoms with Crippen LogP contribution in [0.5, 0.6) is 0 Å². The van der Waals surface area contributed by atoms with Crippen LogP contribution in [0, 0.1) is 0 Å². The highest BCUT2D eigenvalue weighted by atomic mass is 79.9. The maximum absolute atomic E-state index is 5.70. The average molecular weight is 244 g/mol. The van der Waals surface area contributed by atoms with Gasteiger partial charge in [0.05, 0.1) is 5.69 Å². The monoisotopic (exact) mass is 243 g/mol. The summed E-state index contributed by atoms with van der Waals surface area (Å²) in [7, 11) is 0. The third-order valence-corrected chi connectivity index (χ3v) is 1.83. The van der Waals surface area contributed by atoms with Gasteiger partial charge in [-0.2, -0.15) is 0 Å². The lowest BCUT2D eigenvalue weighted by atomic mass is 10.1. The molecule has 72 valence electrons. The Labute approximate surface area is 86.9 Å². The number of rotatable bonds is 1. The normalized spacial score (nSPS) is 11.4. The second-order valence-electron chi connectivity index (χ2n) is 3.96. The second-order valence-corrected chi connectivity index (χ2v) is 4.88. The van der Waals surface area contributed by atoms with Crippen LogP contribution in [-0.2, 0) is 0 Å². The molecule has 1 aromatic heterocycles. The van der Waals surface area contributed by atoms with Gasteiger partial charge < -0.3 is 11.1 Å². The van der Waals surface area contributed by atoms with E-state index in [0.29, 0.717) is 5.82 Å². The van der Waals surface area contributed by atoms with Crippen molar-refractivity contribution in [2.24, 2.45) is 0 Å². The number of halogens is 1. The van der Waals surface area contributed by atoms with E-state index in [9.17, 15) is 0 Å². The first-order chi connectivity index (χ1) is 5.88. The van der Waals surface area contributed by atoms with Gasteiger partial charge in [-0.25, -0.2) is 4.98 Å². The van der Waals surface area contributed by atoms with Crippen molar-refractivity contribution in [2.45, 2.75) is 26.3 Å². The van der Waals surface area contributed by atoms with Crippen LogP contribution in [0.4, 0.5) is 11.5 Å². The van der Waals surface area contributed by atoms with E-state index in [1.165, 1.54) is 0 Å². The summed E-state index contributed by atoms with van der Waals surface area (Å²) in [5.41, 5.74) is 6.56. The Hall–Kier alpha value is -0.770. The maximum atomic E-state index is 5.70. The van der Waals surface area contributed by atoms with E-state index in [1.807, 2.05) is 6.07 Å². The van der Waals surface area contributed by atoms with Crippen molar-refractivity contribution in [3.63, 3.8) is 0 Å². The first-order valence-corrected chi connectivity index (χ1v) is 4.87. The van der Waals surface area contributed by atoms with Crippen molar-refractivity contribution in [3.8, 4) is 0 Å². The fourth-order valence-electron chi connectivity index (χ4n) is 0.954. The molecule has 13 heavy (non-hydrogen) atoms. The average Bonchev–Trinajstić information content (AvgIpc) is 1.94. The number of pyridine rings is 1. The second kappa shape index (κ2) is 3.54. The Kier molecular flexibility index (Phi) is 2.81. The number of nitrogen functional groups attached to an aromatic ring is 1. The van der Waals surface area contributed by atoms with Gasteiger partial charge in [0.2, 0.25) is 0 Å². The molecule has 0 radical (unpaired) electrons. The zero-order valence-electron chi connectivity index (χ0n) is 8.06. The third-order valence-electron chi connectivity index (χ3n) is 1.39. The molecule has 0 aliphatic carbocycles. The van der Waals surface area contributed by atoms with Crippen LogP contribution >= 0.6 is 15.9 Å². The zero-order valence-corrected chi connectivity index (χ0v) is 9.64. The molecule has 0 saturated carbocycles. The minimum Gasteiger partial charge on any atom is -0.382 e. The summed E-state index contributed by atoms with van der Waals surface area (Å²) in [6, 6.07) is 1.92. The highest BCUT2D eigenvalue weighted by Crippen LogP contribution is 2.23. The minimum absolute atomic E-state index is 0.00338. The number of anilines is 2. The van der Waals surface area contributed by atoms with Crippen molar-refractivity contribution >= 4 is 27.4 Å². The van der Waals surface area contributed by atoms with Crippen molar-refractivity contribution in [2.75, 3.05) is 11.1 Å². The number of nitrogens with one attached hydrogen (secondary N) is 1. The molecule has 0 aromatic carbocycles. The molecule has 0 saturated heterocycles. The fraction of sp³-hybridized carbons (Fsp3) is 0.444. The molecule has 3 N–H and O–H groups in total. The molecule has 1 heterocycles. The summed E-state index contributed by atoms with van der Waals surface area (Å²) in [4.78, 5) is 4.03. The van der Waals surface area contributed by atoms with E-state index in [-0.39, 0.29) is 5.54 Å². The van der Waals surface area contributed by atoms with Gasteiger partial charge in [-0.15, -0.1) is 0 Å². The smallest absolute Gasteiger partial charge is 0.146 e. The summed E-state index contributed by atoms with van der Waals surface area (Å²) in [6.07, 6.45) is 1.68. The highest BCUT2D eigenvalue weighted by Gasteiger charge is 2.11. The highest BCUT2D eigenvalue weighted by molar-refractivity contribution is 9.10. The van der Waals surface area contributed by atoms with Gasteiger partial charge in [-0.05, 0) is 42.8 Å². The van der Waals surface area contributed by atoms with Gasteiger partial charge >= 0.3 is 0 Å². The van der Waals surface area contributed by atoms with Crippen LogP contribution in [-0.4, -0.2) is 10.5 Å². The first-order valence-electron chi connectivity index (χ1n) is 4.08. The molecular weight excluding hydrogens is 230 g/mol. The molecule has 0 bridgehead atoms. The van der Waals surface area contributed by atoms with Crippen LogP contribution in [0.2, 0.25) is 0 Å². The van der Waals surface area contributed by atoms with Crippen molar-refractivity contribution in [3.05, 3.63) is 16.7 Å². The van der Waals surface area contributed by atoms with Gasteiger partial charge in [0.1, 0.15) is 5.82 Å². The summed E-state index contributed by atoms with van der Waals surface area (Å²) in [6.45, 7) is 6.23. The van der Waals surface area contributed by atoms with Gasteiger partial charge in [-0.1, -0.05) is 0 Å². The summed E-state index contributed by atoms with van der Waals surface area (Å²) in [5.74, 6) is 0.526. The van der Waals surface area contributed by atoms with Gasteiger partial charge in [-0.3, -0.25) is 0 Å². The van der Waals surface area contributed by atoms with Crippen LogP contribution in [0.25, 0.3) is 0 Å². The van der Waals surface area contributed by atoms with E-state index in [1.54, 1.807) is 6.20 Å². The quantitative estimate of drug-likeness (QED) is 0.798. The first kappa shape index (κ1) is 10.3. The standard InChI is InChI=1S/C9H14BrN3/c1-9(2,3)13-7-4-6(10)5-12-8(7)11/h4-5,13H,1-3H3,(H2,11,12). The topological polar surface area (TPSA) is 50.9 Å². The Morgan fingerprint density at radius 1 is 1.46 bits per heavy atom.